The topological polar surface area (TPSA) is 86.8 Å². The minimum atomic E-state index is -3.94. The normalized spacial score (nSPS) is 13.5. The van der Waals surface area contributed by atoms with Crippen molar-refractivity contribution >= 4 is 27.5 Å². The molecule has 0 aromatic heterocycles. The fourth-order valence-electron chi connectivity index (χ4n) is 4.07. The zero-order valence-corrected chi connectivity index (χ0v) is 20.5. The highest BCUT2D eigenvalue weighted by Gasteiger charge is 2.27. The third-order valence-electron chi connectivity index (χ3n) is 5.99. The number of nitrogens with zero attached hydrogens (tertiary/aromatic N) is 2. The summed E-state index contributed by atoms with van der Waals surface area (Å²) in [4.78, 5) is 27.3. The van der Waals surface area contributed by atoms with Crippen molar-refractivity contribution in [1.29, 1.82) is 0 Å². The number of benzene rings is 3. The van der Waals surface area contributed by atoms with Gasteiger partial charge in [-0.15, -0.1) is 0 Å². The van der Waals surface area contributed by atoms with Crippen LogP contribution in [0.2, 0.25) is 0 Å². The van der Waals surface area contributed by atoms with E-state index in [9.17, 15) is 18.0 Å². The first-order chi connectivity index (χ1) is 16.8. The molecule has 2 amide bonds. The molecule has 1 saturated heterocycles. The molecule has 0 radical (unpaired) electrons. The van der Waals surface area contributed by atoms with Gasteiger partial charge in [0.25, 0.3) is 15.9 Å². The summed E-state index contributed by atoms with van der Waals surface area (Å²) in [5.41, 5.74) is 2.76. The monoisotopic (exact) mass is 491 g/mol. The summed E-state index contributed by atoms with van der Waals surface area (Å²) in [5.74, 6) is -0.402. The molecule has 3 aromatic carbocycles. The zero-order chi connectivity index (χ0) is 24.8. The maximum absolute atomic E-state index is 13.4. The Labute approximate surface area is 206 Å². The highest BCUT2D eigenvalue weighted by molar-refractivity contribution is 7.92. The van der Waals surface area contributed by atoms with Crippen molar-refractivity contribution in [3.8, 4) is 0 Å². The van der Waals surface area contributed by atoms with E-state index < -0.39 is 15.9 Å². The van der Waals surface area contributed by atoms with Gasteiger partial charge in [0.2, 0.25) is 5.91 Å². The number of hydrogen-bond acceptors (Lipinski definition) is 4. The first-order valence-electron chi connectivity index (χ1n) is 11.6. The first kappa shape index (κ1) is 24.5. The van der Waals surface area contributed by atoms with Crippen LogP contribution in [0.3, 0.4) is 0 Å². The average Bonchev–Trinajstić information content (AvgIpc) is 3.41. The molecule has 0 saturated carbocycles. The SMILES string of the molecule is Cc1cccc(N(CC(=O)NCc2ccc(C(=O)N3CCCC3)cc2)S(=O)(=O)c2ccccc2)c1. The summed E-state index contributed by atoms with van der Waals surface area (Å²) in [6.07, 6.45) is 2.07. The maximum atomic E-state index is 13.4. The molecule has 182 valence electrons. The van der Waals surface area contributed by atoms with E-state index in [1.165, 1.54) is 12.1 Å². The van der Waals surface area contributed by atoms with Gasteiger partial charge in [-0.3, -0.25) is 13.9 Å². The van der Waals surface area contributed by atoms with Crippen molar-refractivity contribution < 1.29 is 18.0 Å². The van der Waals surface area contributed by atoms with Crippen LogP contribution in [0.5, 0.6) is 0 Å². The lowest BCUT2D eigenvalue weighted by Gasteiger charge is -2.24. The van der Waals surface area contributed by atoms with Crippen LogP contribution in [0.15, 0.2) is 83.8 Å². The smallest absolute Gasteiger partial charge is 0.264 e. The van der Waals surface area contributed by atoms with Gasteiger partial charge in [-0.05, 0) is 67.3 Å². The van der Waals surface area contributed by atoms with Gasteiger partial charge in [0.15, 0.2) is 0 Å². The number of anilines is 1. The Morgan fingerprint density at radius 3 is 2.26 bits per heavy atom. The summed E-state index contributed by atoms with van der Waals surface area (Å²) in [7, 11) is -3.94. The predicted octanol–water partition coefficient (Wildman–Crippen LogP) is 3.74. The molecule has 0 spiro atoms. The highest BCUT2D eigenvalue weighted by atomic mass is 32.2. The number of likely N-dealkylation sites (tertiary alicyclic amines) is 1. The van der Waals surface area contributed by atoms with E-state index in [-0.39, 0.29) is 23.9 Å². The molecule has 1 fully saturated rings. The summed E-state index contributed by atoms with van der Waals surface area (Å²) in [5, 5.41) is 2.80. The van der Waals surface area contributed by atoms with E-state index in [2.05, 4.69) is 5.32 Å². The summed E-state index contributed by atoms with van der Waals surface area (Å²) < 4.78 is 27.9. The van der Waals surface area contributed by atoms with Crippen LogP contribution in [0.1, 0.15) is 34.3 Å². The molecule has 7 nitrogen and oxygen atoms in total. The van der Waals surface area contributed by atoms with Gasteiger partial charge in [-0.2, -0.15) is 0 Å². The third kappa shape index (κ3) is 5.89. The molecule has 0 atom stereocenters. The molecule has 1 heterocycles. The van der Waals surface area contributed by atoms with Gasteiger partial charge in [0.1, 0.15) is 6.54 Å². The molecule has 0 bridgehead atoms. The summed E-state index contributed by atoms with van der Waals surface area (Å²) >= 11 is 0. The lowest BCUT2D eigenvalue weighted by molar-refractivity contribution is -0.119. The number of hydrogen-bond donors (Lipinski definition) is 1. The molecule has 1 aliphatic heterocycles. The second-order valence-corrected chi connectivity index (χ2v) is 10.5. The van der Waals surface area contributed by atoms with E-state index in [0.717, 1.165) is 41.4 Å². The first-order valence-corrected chi connectivity index (χ1v) is 13.1. The number of amides is 2. The zero-order valence-electron chi connectivity index (χ0n) is 19.7. The van der Waals surface area contributed by atoms with E-state index in [1.807, 2.05) is 30.0 Å². The predicted molar refractivity (Wildman–Crippen MR) is 136 cm³/mol. The minimum Gasteiger partial charge on any atom is -0.350 e. The van der Waals surface area contributed by atoms with Gasteiger partial charge in [-0.25, -0.2) is 8.42 Å². The number of carbonyl (C=O) groups excluding carboxylic acids is 2. The Morgan fingerprint density at radius 2 is 1.60 bits per heavy atom. The molecule has 0 aliphatic carbocycles. The number of aryl methyl sites for hydroxylation is 1. The van der Waals surface area contributed by atoms with Gasteiger partial charge < -0.3 is 10.2 Å². The van der Waals surface area contributed by atoms with Crippen molar-refractivity contribution in [3.05, 3.63) is 95.6 Å². The van der Waals surface area contributed by atoms with Crippen molar-refractivity contribution in [2.75, 3.05) is 23.9 Å². The third-order valence-corrected chi connectivity index (χ3v) is 7.78. The quantitative estimate of drug-likeness (QED) is 0.520. The lowest BCUT2D eigenvalue weighted by atomic mass is 10.1. The summed E-state index contributed by atoms with van der Waals surface area (Å²) in [6.45, 7) is 3.32. The van der Waals surface area contributed by atoms with Crippen LogP contribution < -0.4 is 9.62 Å². The molecule has 1 N–H and O–H groups in total. The number of rotatable bonds is 8. The van der Waals surface area contributed by atoms with Crippen molar-refractivity contribution in [1.82, 2.24) is 10.2 Å². The molecule has 4 rings (SSSR count). The molecule has 8 heteroatoms. The molecule has 1 aliphatic rings. The van der Waals surface area contributed by atoms with Crippen LogP contribution in [0.4, 0.5) is 5.69 Å². The Balaban J connectivity index is 1.45. The van der Waals surface area contributed by atoms with E-state index in [0.29, 0.717) is 11.3 Å². The van der Waals surface area contributed by atoms with E-state index in [1.54, 1.807) is 48.5 Å². The molecular formula is C27H29N3O4S. The fraction of sp³-hybridized carbons (Fsp3) is 0.259. The van der Waals surface area contributed by atoms with Gasteiger partial charge in [-0.1, -0.05) is 42.5 Å². The van der Waals surface area contributed by atoms with Crippen LogP contribution in [-0.2, 0) is 21.4 Å². The molecule has 35 heavy (non-hydrogen) atoms. The van der Waals surface area contributed by atoms with Gasteiger partial charge in [0, 0.05) is 25.2 Å². The lowest BCUT2D eigenvalue weighted by Crippen LogP contribution is -2.40. The Bertz CT molecular complexity index is 1290. The highest BCUT2D eigenvalue weighted by Crippen LogP contribution is 2.24. The van der Waals surface area contributed by atoms with Gasteiger partial charge >= 0.3 is 0 Å². The van der Waals surface area contributed by atoms with Crippen molar-refractivity contribution in [3.63, 3.8) is 0 Å². The largest absolute Gasteiger partial charge is 0.350 e. The van der Waals surface area contributed by atoms with Crippen molar-refractivity contribution in [2.45, 2.75) is 31.2 Å². The fourth-order valence-corrected chi connectivity index (χ4v) is 5.51. The minimum absolute atomic E-state index is 0.0259. The van der Waals surface area contributed by atoms with E-state index in [4.69, 9.17) is 0 Å². The van der Waals surface area contributed by atoms with Crippen LogP contribution in [0, 0.1) is 6.92 Å². The van der Waals surface area contributed by atoms with Crippen LogP contribution in [0.25, 0.3) is 0 Å². The Kier molecular flexibility index (Phi) is 7.51. The van der Waals surface area contributed by atoms with Gasteiger partial charge in [0.05, 0.1) is 10.6 Å². The van der Waals surface area contributed by atoms with E-state index >= 15 is 0 Å². The number of nitrogens with one attached hydrogen (secondary N) is 1. The Hall–Kier alpha value is -3.65. The standard InChI is InChI=1S/C27H29N3O4S/c1-21-8-7-9-24(18-21)30(35(33,34)25-10-3-2-4-11-25)20-26(31)28-19-22-12-14-23(15-13-22)27(32)29-16-5-6-17-29/h2-4,7-15,18H,5-6,16-17,19-20H2,1H3,(H,28,31). The maximum Gasteiger partial charge on any atom is 0.264 e. The van der Waals surface area contributed by atoms with Crippen LogP contribution >= 0.6 is 0 Å². The second-order valence-electron chi connectivity index (χ2n) is 8.64. The number of carbonyl (C=O) groups is 2. The van der Waals surface area contributed by atoms with Crippen LogP contribution in [-0.4, -0.2) is 44.8 Å². The molecular weight excluding hydrogens is 462 g/mol. The summed E-state index contributed by atoms with van der Waals surface area (Å²) in [6, 6.07) is 22.3. The number of sulfonamides is 1. The Morgan fingerprint density at radius 1 is 0.914 bits per heavy atom. The molecule has 0 unspecified atom stereocenters. The van der Waals surface area contributed by atoms with Crippen molar-refractivity contribution in [2.24, 2.45) is 0 Å². The molecule has 3 aromatic rings. The average molecular weight is 492 g/mol. The second kappa shape index (κ2) is 10.7.